The molecule has 1 aromatic heterocycles. The number of aromatic carboxylic acids is 1. The molecule has 1 aliphatic rings. The molecule has 1 atom stereocenters. The van der Waals surface area contributed by atoms with E-state index in [4.69, 9.17) is 5.11 Å². The van der Waals surface area contributed by atoms with Crippen LogP contribution in [0.3, 0.4) is 0 Å². The molecule has 1 saturated heterocycles. The molecule has 6 heteroatoms. The number of nitrogens with zero attached hydrogens (tertiary/aromatic N) is 2. The predicted molar refractivity (Wildman–Crippen MR) is 63.2 cm³/mol. The van der Waals surface area contributed by atoms with Crippen LogP contribution in [0.15, 0.2) is 5.38 Å². The summed E-state index contributed by atoms with van der Waals surface area (Å²) in [4.78, 5) is 17.0. The minimum absolute atomic E-state index is 0.122. The van der Waals surface area contributed by atoms with Crippen molar-refractivity contribution < 1.29 is 9.90 Å². The zero-order valence-electron chi connectivity index (χ0n) is 9.14. The molecule has 2 N–H and O–H groups in total. The highest BCUT2D eigenvalue weighted by molar-refractivity contribution is 7.13. The number of thiazole rings is 1. The van der Waals surface area contributed by atoms with Gasteiger partial charge in [-0.15, -0.1) is 11.3 Å². The highest BCUT2D eigenvalue weighted by Crippen LogP contribution is 2.19. The molecular weight excluding hydrogens is 226 g/mol. The number of anilines is 1. The van der Waals surface area contributed by atoms with E-state index in [9.17, 15) is 4.79 Å². The molecule has 0 aromatic carbocycles. The molecule has 1 fully saturated rings. The maximum absolute atomic E-state index is 10.7. The maximum Gasteiger partial charge on any atom is 0.355 e. The van der Waals surface area contributed by atoms with Gasteiger partial charge in [-0.05, 0) is 26.4 Å². The summed E-state index contributed by atoms with van der Waals surface area (Å²) >= 11 is 1.35. The number of rotatable bonds is 3. The topological polar surface area (TPSA) is 65.5 Å². The molecule has 5 nitrogen and oxygen atoms in total. The largest absolute Gasteiger partial charge is 0.476 e. The van der Waals surface area contributed by atoms with Crippen LogP contribution in [0.1, 0.15) is 23.3 Å². The van der Waals surface area contributed by atoms with Crippen molar-refractivity contribution >= 4 is 22.4 Å². The van der Waals surface area contributed by atoms with Crippen molar-refractivity contribution in [3.63, 3.8) is 0 Å². The number of carboxylic acid groups (broad SMARTS) is 1. The Labute approximate surface area is 98.1 Å². The molecule has 0 aliphatic carbocycles. The van der Waals surface area contributed by atoms with Gasteiger partial charge < -0.3 is 15.3 Å². The van der Waals surface area contributed by atoms with Crippen molar-refractivity contribution in [1.29, 1.82) is 0 Å². The van der Waals surface area contributed by atoms with Crippen LogP contribution in [0.25, 0.3) is 0 Å². The summed E-state index contributed by atoms with van der Waals surface area (Å²) in [5.74, 6) is -0.968. The SMILES string of the molecule is CN1CCCC(Nc2nc(C(=O)O)cs2)C1. The van der Waals surface area contributed by atoms with Gasteiger partial charge in [-0.2, -0.15) is 0 Å². The second-order valence-electron chi connectivity index (χ2n) is 4.09. The van der Waals surface area contributed by atoms with E-state index in [1.807, 2.05) is 0 Å². The first-order valence-electron chi connectivity index (χ1n) is 5.29. The number of aromatic nitrogens is 1. The summed E-state index contributed by atoms with van der Waals surface area (Å²) in [6, 6.07) is 0.381. The lowest BCUT2D eigenvalue weighted by atomic mass is 10.1. The first-order chi connectivity index (χ1) is 7.65. The third-order valence-corrected chi connectivity index (χ3v) is 3.45. The van der Waals surface area contributed by atoms with Crippen LogP contribution in [-0.4, -0.2) is 47.1 Å². The molecule has 1 aromatic rings. The number of carbonyl (C=O) groups is 1. The molecule has 0 bridgehead atoms. The Bertz CT molecular complexity index is 380. The summed E-state index contributed by atoms with van der Waals surface area (Å²) in [6.07, 6.45) is 2.29. The van der Waals surface area contributed by atoms with Crippen molar-refractivity contribution in [2.45, 2.75) is 18.9 Å². The fourth-order valence-corrected chi connectivity index (χ4v) is 2.66. The standard InChI is InChI=1S/C10H15N3O2S/c1-13-4-2-3-7(5-13)11-10-12-8(6-16-10)9(14)15/h6-7H,2-5H2,1H3,(H,11,12)(H,14,15). The number of nitrogens with one attached hydrogen (secondary N) is 1. The van der Waals surface area contributed by atoms with Crippen LogP contribution in [-0.2, 0) is 0 Å². The van der Waals surface area contributed by atoms with Crippen LogP contribution in [0.5, 0.6) is 0 Å². The van der Waals surface area contributed by atoms with Gasteiger partial charge in [0.05, 0.1) is 0 Å². The van der Waals surface area contributed by atoms with Crippen molar-refractivity contribution in [3.8, 4) is 0 Å². The third kappa shape index (κ3) is 2.70. The first kappa shape index (κ1) is 11.3. The Morgan fingerprint density at radius 1 is 1.75 bits per heavy atom. The molecule has 0 saturated carbocycles. The van der Waals surface area contributed by atoms with Crippen LogP contribution in [0.2, 0.25) is 0 Å². The Kier molecular flexibility index (Phi) is 3.40. The first-order valence-corrected chi connectivity index (χ1v) is 6.17. The number of likely N-dealkylation sites (N-methyl/N-ethyl adjacent to an activating group) is 1. The number of hydrogen-bond acceptors (Lipinski definition) is 5. The fourth-order valence-electron chi connectivity index (χ4n) is 1.90. The molecule has 88 valence electrons. The highest BCUT2D eigenvalue weighted by Gasteiger charge is 2.18. The number of piperidine rings is 1. The average Bonchev–Trinajstić information content (AvgIpc) is 2.66. The van der Waals surface area contributed by atoms with Gasteiger partial charge in [0.1, 0.15) is 0 Å². The molecule has 0 radical (unpaired) electrons. The lowest BCUT2D eigenvalue weighted by Gasteiger charge is -2.29. The second kappa shape index (κ2) is 4.80. The Balaban J connectivity index is 1.95. The minimum atomic E-state index is -0.968. The molecule has 0 spiro atoms. The maximum atomic E-state index is 10.7. The Hall–Kier alpha value is -1.14. The quantitative estimate of drug-likeness (QED) is 0.836. The summed E-state index contributed by atoms with van der Waals surface area (Å²) in [6.45, 7) is 2.12. The summed E-state index contributed by atoms with van der Waals surface area (Å²) in [7, 11) is 2.10. The van der Waals surface area contributed by atoms with Gasteiger partial charge in [0.2, 0.25) is 0 Å². The molecular formula is C10H15N3O2S. The van der Waals surface area contributed by atoms with E-state index in [1.165, 1.54) is 17.8 Å². The summed E-state index contributed by atoms with van der Waals surface area (Å²) in [5.41, 5.74) is 0.122. The van der Waals surface area contributed by atoms with Gasteiger partial charge in [-0.1, -0.05) is 0 Å². The third-order valence-electron chi connectivity index (χ3n) is 2.68. The van der Waals surface area contributed by atoms with Crippen molar-refractivity contribution in [2.24, 2.45) is 0 Å². The van der Waals surface area contributed by atoms with Gasteiger partial charge in [0.15, 0.2) is 10.8 Å². The van der Waals surface area contributed by atoms with Gasteiger partial charge in [0, 0.05) is 18.0 Å². The molecule has 16 heavy (non-hydrogen) atoms. The molecule has 1 unspecified atom stereocenters. The monoisotopic (exact) mass is 241 g/mol. The normalized spacial score (nSPS) is 21.9. The van der Waals surface area contributed by atoms with Crippen LogP contribution < -0.4 is 5.32 Å². The molecule has 0 amide bonds. The number of hydrogen-bond donors (Lipinski definition) is 2. The predicted octanol–water partition coefficient (Wildman–Crippen LogP) is 1.35. The lowest BCUT2D eigenvalue weighted by Crippen LogP contribution is -2.39. The zero-order chi connectivity index (χ0) is 11.5. The smallest absolute Gasteiger partial charge is 0.355 e. The summed E-state index contributed by atoms with van der Waals surface area (Å²) < 4.78 is 0. The second-order valence-corrected chi connectivity index (χ2v) is 4.95. The van der Waals surface area contributed by atoms with E-state index in [1.54, 1.807) is 5.38 Å². The van der Waals surface area contributed by atoms with E-state index in [0.717, 1.165) is 19.5 Å². The van der Waals surface area contributed by atoms with Crippen molar-refractivity contribution in [3.05, 3.63) is 11.1 Å². The van der Waals surface area contributed by atoms with Crippen LogP contribution >= 0.6 is 11.3 Å². The molecule has 2 heterocycles. The van der Waals surface area contributed by atoms with Crippen molar-refractivity contribution in [1.82, 2.24) is 9.88 Å². The van der Waals surface area contributed by atoms with Gasteiger partial charge in [0.25, 0.3) is 0 Å². The zero-order valence-corrected chi connectivity index (χ0v) is 9.96. The fraction of sp³-hybridized carbons (Fsp3) is 0.600. The molecule has 2 rings (SSSR count). The minimum Gasteiger partial charge on any atom is -0.476 e. The van der Waals surface area contributed by atoms with Crippen molar-refractivity contribution in [2.75, 3.05) is 25.5 Å². The average molecular weight is 241 g/mol. The molecule has 1 aliphatic heterocycles. The Morgan fingerprint density at radius 2 is 2.56 bits per heavy atom. The lowest BCUT2D eigenvalue weighted by molar-refractivity contribution is 0.0691. The van der Waals surface area contributed by atoms with Crippen LogP contribution in [0.4, 0.5) is 5.13 Å². The van der Waals surface area contributed by atoms with Gasteiger partial charge in [-0.25, -0.2) is 9.78 Å². The highest BCUT2D eigenvalue weighted by atomic mass is 32.1. The van der Waals surface area contributed by atoms with E-state index in [-0.39, 0.29) is 5.69 Å². The Morgan fingerprint density at radius 3 is 3.19 bits per heavy atom. The summed E-state index contributed by atoms with van der Waals surface area (Å²) in [5, 5.41) is 14.3. The van der Waals surface area contributed by atoms with E-state index in [0.29, 0.717) is 11.2 Å². The van der Waals surface area contributed by atoms with E-state index in [2.05, 4.69) is 22.2 Å². The van der Waals surface area contributed by atoms with Gasteiger partial charge >= 0.3 is 5.97 Å². The van der Waals surface area contributed by atoms with Gasteiger partial charge in [-0.3, -0.25) is 0 Å². The van der Waals surface area contributed by atoms with E-state index < -0.39 is 5.97 Å². The van der Waals surface area contributed by atoms with E-state index >= 15 is 0 Å². The van der Waals surface area contributed by atoms with Crippen LogP contribution in [0, 0.1) is 0 Å². The number of carboxylic acids is 1. The number of likely N-dealkylation sites (tertiary alicyclic amines) is 1.